The van der Waals surface area contributed by atoms with Gasteiger partial charge in [0.2, 0.25) is 0 Å². The van der Waals surface area contributed by atoms with Crippen LogP contribution in [0.2, 0.25) is 5.22 Å². The Labute approximate surface area is 122 Å². The minimum absolute atomic E-state index is 0.466. The molecule has 104 valence electrons. The van der Waals surface area contributed by atoms with Crippen LogP contribution in [0.25, 0.3) is 11.0 Å². The van der Waals surface area contributed by atoms with Gasteiger partial charge in [0.25, 0.3) is 0 Å². The molecule has 1 N–H and O–H groups in total. The van der Waals surface area contributed by atoms with Gasteiger partial charge in [-0.15, -0.1) is 0 Å². The van der Waals surface area contributed by atoms with Gasteiger partial charge in [-0.05, 0) is 30.2 Å². The molecular weight excluding hydrogens is 274 g/mol. The summed E-state index contributed by atoms with van der Waals surface area (Å²) in [7, 11) is 0. The zero-order chi connectivity index (χ0) is 13.9. The number of hydrogen-bond acceptors (Lipinski definition) is 3. The SMILES string of the molecule is Cc1cnn(CCNCc2c(Cl)oc3ccccc23)c1. The molecular formula is C15H16ClN3O. The Hall–Kier alpha value is -1.78. The topological polar surface area (TPSA) is 43.0 Å². The first-order valence-corrected chi connectivity index (χ1v) is 6.97. The molecule has 0 saturated carbocycles. The number of aryl methyl sites for hydroxylation is 1. The summed E-state index contributed by atoms with van der Waals surface area (Å²) in [6.07, 6.45) is 3.89. The third kappa shape index (κ3) is 2.71. The van der Waals surface area contributed by atoms with Crippen LogP contribution >= 0.6 is 11.6 Å². The Morgan fingerprint density at radius 1 is 1.35 bits per heavy atom. The van der Waals surface area contributed by atoms with Crippen molar-refractivity contribution in [2.45, 2.75) is 20.0 Å². The number of para-hydroxylation sites is 1. The highest BCUT2D eigenvalue weighted by Gasteiger charge is 2.11. The zero-order valence-electron chi connectivity index (χ0n) is 11.3. The molecule has 0 aliphatic rings. The van der Waals surface area contributed by atoms with Gasteiger partial charge in [0, 0.05) is 30.2 Å². The second-order valence-corrected chi connectivity index (χ2v) is 5.15. The molecule has 0 unspecified atom stereocenters. The maximum Gasteiger partial charge on any atom is 0.199 e. The van der Waals surface area contributed by atoms with E-state index >= 15 is 0 Å². The molecule has 20 heavy (non-hydrogen) atoms. The number of aromatic nitrogens is 2. The maximum atomic E-state index is 6.14. The second-order valence-electron chi connectivity index (χ2n) is 4.81. The Balaban J connectivity index is 1.61. The van der Waals surface area contributed by atoms with Crippen molar-refractivity contribution < 1.29 is 4.42 Å². The van der Waals surface area contributed by atoms with Gasteiger partial charge >= 0.3 is 0 Å². The van der Waals surface area contributed by atoms with E-state index in [1.807, 2.05) is 48.3 Å². The van der Waals surface area contributed by atoms with Crippen LogP contribution in [0.5, 0.6) is 0 Å². The number of furan rings is 1. The van der Waals surface area contributed by atoms with Crippen molar-refractivity contribution in [1.82, 2.24) is 15.1 Å². The second kappa shape index (κ2) is 5.69. The third-order valence-electron chi connectivity index (χ3n) is 3.23. The lowest BCUT2D eigenvalue weighted by Crippen LogP contribution is -2.19. The molecule has 0 spiro atoms. The molecule has 3 rings (SSSR count). The van der Waals surface area contributed by atoms with Crippen LogP contribution in [0.15, 0.2) is 41.1 Å². The van der Waals surface area contributed by atoms with Crippen LogP contribution in [0, 0.1) is 6.92 Å². The van der Waals surface area contributed by atoms with E-state index in [2.05, 4.69) is 10.4 Å². The fourth-order valence-electron chi connectivity index (χ4n) is 2.23. The Bertz CT molecular complexity index is 717. The fraction of sp³-hybridized carbons (Fsp3) is 0.267. The molecule has 0 fully saturated rings. The van der Waals surface area contributed by atoms with E-state index in [9.17, 15) is 0 Å². The molecule has 0 radical (unpaired) electrons. The molecule has 5 heteroatoms. The highest BCUT2D eigenvalue weighted by Crippen LogP contribution is 2.29. The highest BCUT2D eigenvalue weighted by atomic mass is 35.5. The third-order valence-corrected chi connectivity index (χ3v) is 3.54. The van der Waals surface area contributed by atoms with E-state index < -0.39 is 0 Å². The summed E-state index contributed by atoms with van der Waals surface area (Å²) in [5.41, 5.74) is 3.02. The van der Waals surface area contributed by atoms with Crippen molar-refractivity contribution >= 4 is 22.6 Å². The highest BCUT2D eigenvalue weighted by molar-refractivity contribution is 6.30. The minimum Gasteiger partial charge on any atom is -0.444 e. The van der Waals surface area contributed by atoms with Crippen molar-refractivity contribution in [1.29, 1.82) is 0 Å². The van der Waals surface area contributed by atoms with Gasteiger partial charge in [-0.1, -0.05) is 18.2 Å². The van der Waals surface area contributed by atoms with Gasteiger partial charge in [-0.3, -0.25) is 4.68 Å². The summed E-state index contributed by atoms with van der Waals surface area (Å²) in [6, 6.07) is 7.89. The van der Waals surface area contributed by atoms with E-state index in [4.69, 9.17) is 16.0 Å². The summed E-state index contributed by atoms with van der Waals surface area (Å²) >= 11 is 6.14. The minimum atomic E-state index is 0.466. The number of rotatable bonds is 5. The van der Waals surface area contributed by atoms with Crippen molar-refractivity contribution in [3.8, 4) is 0 Å². The number of halogens is 1. The monoisotopic (exact) mass is 289 g/mol. The number of benzene rings is 1. The predicted molar refractivity (Wildman–Crippen MR) is 79.9 cm³/mol. The zero-order valence-corrected chi connectivity index (χ0v) is 12.0. The standard InChI is InChI=1S/C15H16ClN3O/c1-11-8-18-19(10-11)7-6-17-9-13-12-4-2-3-5-14(12)20-15(13)16/h2-5,8,10,17H,6-7,9H2,1H3. The molecule has 0 atom stereocenters. The normalized spacial score (nSPS) is 11.3. The lowest BCUT2D eigenvalue weighted by atomic mass is 10.2. The average Bonchev–Trinajstić information content (AvgIpc) is 2.98. The largest absolute Gasteiger partial charge is 0.444 e. The van der Waals surface area contributed by atoms with Crippen LogP contribution in [-0.2, 0) is 13.1 Å². The van der Waals surface area contributed by atoms with Crippen LogP contribution < -0.4 is 5.32 Å². The van der Waals surface area contributed by atoms with E-state index in [0.717, 1.165) is 29.6 Å². The quantitative estimate of drug-likeness (QED) is 0.732. The summed E-state index contributed by atoms with van der Waals surface area (Å²) in [5.74, 6) is 0. The summed E-state index contributed by atoms with van der Waals surface area (Å²) in [6.45, 7) is 4.39. The van der Waals surface area contributed by atoms with Gasteiger partial charge < -0.3 is 9.73 Å². The van der Waals surface area contributed by atoms with Crippen molar-refractivity contribution in [2.24, 2.45) is 0 Å². The van der Waals surface area contributed by atoms with E-state index in [0.29, 0.717) is 11.8 Å². The smallest absolute Gasteiger partial charge is 0.199 e. The molecule has 3 aromatic rings. The van der Waals surface area contributed by atoms with Gasteiger partial charge in [0.15, 0.2) is 5.22 Å². The van der Waals surface area contributed by atoms with Gasteiger partial charge in [-0.2, -0.15) is 5.10 Å². The van der Waals surface area contributed by atoms with Crippen LogP contribution in [0.4, 0.5) is 0 Å². The molecule has 0 bridgehead atoms. The van der Waals surface area contributed by atoms with Crippen LogP contribution in [0.3, 0.4) is 0 Å². The van der Waals surface area contributed by atoms with Crippen LogP contribution in [-0.4, -0.2) is 16.3 Å². The Morgan fingerprint density at radius 2 is 2.20 bits per heavy atom. The fourth-order valence-corrected chi connectivity index (χ4v) is 2.48. The van der Waals surface area contributed by atoms with Gasteiger partial charge in [0.1, 0.15) is 5.58 Å². The number of nitrogens with one attached hydrogen (secondary N) is 1. The predicted octanol–water partition coefficient (Wildman–Crippen LogP) is 3.38. The summed E-state index contributed by atoms with van der Waals surface area (Å²) < 4.78 is 7.45. The molecule has 2 aromatic heterocycles. The van der Waals surface area contributed by atoms with Crippen molar-refractivity contribution in [2.75, 3.05) is 6.54 Å². The summed E-state index contributed by atoms with van der Waals surface area (Å²) in [4.78, 5) is 0. The van der Waals surface area contributed by atoms with Crippen molar-refractivity contribution in [3.63, 3.8) is 0 Å². The molecule has 2 heterocycles. The molecule has 4 nitrogen and oxygen atoms in total. The molecule has 0 aliphatic heterocycles. The van der Waals surface area contributed by atoms with E-state index in [-0.39, 0.29) is 0 Å². The molecule has 0 aliphatic carbocycles. The lowest BCUT2D eigenvalue weighted by Gasteiger charge is -2.04. The maximum absolute atomic E-state index is 6.14. The molecule has 1 aromatic carbocycles. The molecule has 0 amide bonds. The number of fused-ring (bicyclic) bond motifs is 1. The first-order valence-electron chi connectivity index (χ1n) is 6.60. The number of nitrogens with zero attached hydrogens (tertiary/aromatic N) is 2. The van der Waals surface area contributed by atoms with Gasteiger partial charge in [-0.25, -0.2) is 0 Å². The molecule has 0 saturated heterocycles. The van der Waals surface area contributed by atoms with Crippen molar-refractivity contribution in [3.05, 3.63) is 53.0 Å². The van der Waals surface area contributed by atoms with E-state index in [1.165, 1.54) is 5.56 Å². The lowest BCUT2D eigenvalue weighted by molar-refractivity contribution is 0.550. The number of hydrogen-bond donors (Lipinski definition) is 1. The Morgan fingerprint density at radius 3 is 3.00 bits per heavy atom. The first-order chi connectivity index (χ1) is 9.74. The van der Waals surface area contributed by atoms with Crippen LogP contribution in [0.1, 0.15) is 11.1 Å². The summed E-state index contributed by atoms with van der Waals surface area (Å²) in [5, 5.41) is 9.16. The first kappa shape index (κ1) is 13.2. The van der Waals surface area contributed by atoms with Gasteiger partial charge in [0.05, 0.1) is 12.7 Å². The van der Waals surface area contributed by atoms with E-state index in [1.54, 1.807) is 0 Å². The Kier molecular flexibility index (Phi) is 3.76. The average molecular weight is 290 g/mol.